The molecule has 1 aromatic heterocycles. The summed E-state index contributed by atoms with van der Waals surface area (Å²) in [4.78, 5) is 30.0. The molecule has 1 heterocycles. The second-order valence-corrected chi connectivity index (χ2v) is 10.7. The first-order valence-electron chi connectivity index (χ1n) is 11.8. The van der Waals surface area contributed by atoms with Gasteiger partial charge in [0.15, 0.2) is 0 Å². The molecule has 1 aliphatic carbocycles. The zero-order chi connectivity index (χ0) is 24.8. The fourth-order valence-corrected chi connectivity index (χ4v) is 5.53. The van der Waals surface area contributed by atoms with Crippen molar-refractivity contribution in [3.63, 3.8) is 0 Å². The van der Waals surface area contributed by atoms with Gasteiger partial charge in [0.1, 0.15) is 6.04 Å². The summed E-state index contributed by atoms with van der Waals surface area (Å²) in [6.07, 6.45) is 4.52. The molecule has 184 valence electrons. The van der Waals surface area contributed by atoms with Crippen LogP contribution in [0.2, 0.25) is 0 Å². The molecule has 1 fully saturated rings. The molecule has 0 spiro atoms. The Labute approximate surface area is 205 Å². The summed E-state index contributed by atoms with van der Waals surface area (Å²) < 4.78 is 27.5. The molecule has 9 heteroatoms. The highest BCUT2D eigenvalue weighted by atomic mass is 32.2. The summed E-state index contributed by atoms with van der Waals surface area (Å²) in [5.74, 6) is -0.443. The molecule has 1 atom stereocenters. The number of benzene rings is 2. The lowest BCUT2D eigenvalue weighted by Crippen LogP contribution is -2.45. The Balaban J connectivity index is 1.24. The van der Waals surface area contributed by atoms with Gasteiger partial charge in [-0.25, -0.2) is 13.1 Å². The van der Waals surface area contributed by atoms with Crippen LogP contribution in [0.25, 0.3) is 10.9 Å². The van der Waals surface area contributed by atoms with E-state index in [1.165, 1.54) is 0 Å². The zero-order valence-corrected chi connectivity index (χ0v) is 20.4. The van der Waals surface area contributed by atoms with Crippen LogP contribution in [0, 0.1) is 11.8 Å². The van der Waals surface area contributed by atoms with Crippen molar-refractivity contribution in [3.05, 3.63) is 66.9 Å². The topological polar surface area (TPSA) is 117 Å². The molecule has 3 aromatic rings. The maximum Gasteiger partial charge on any atom is 0.246 e. The second kappa shape index (κ2) is 11.0. The first kappa shape index (κ1) is 24.8. The Morgan fingerprint density at radius 1 is 0.971 bits per heavy atom. The summed E-state index contributed by atoms with van der Waals surface area (Å²) in [6.45, 7) is 2.02. The van der Waals surface area contributed by atoms with Crippen molar-refractivity contribution < 1.29 is 18.0 Å². The predicted octanol–water partition coefficient (Wildman–Crippen LogP) is 3.46. The van der Waals surface area contributed by atoms with E-state index in [-0.39, 0.29) is 28.5 Å². The molecule has 8 nitrogen and oxygen atoms in total. The maximum atomic E-state index is 12.8. The highest BCUT2D eigenvalue weighted by Gasteiger charge is 2.29. The number of aromatic nitrogens is 1. The number of pyridine rings is 1. The van der Waals surface area contributed by atoms with E-state index in [0.717, 1.165) is 23.7 Å². The standard InChI is InChI=1S/C26H30N4O4S/c1-18(25(31)30-24-11-5-10-23-22(24)9-6-16-27-23)29-26(32)20-14-12-19(13-15-20)17-28-35(33,34)21-7-3-2-4-8-21/h2-11,16,18-20,28H,12-15,17H2,1H3,(H,29,32)(H,30,31)/t18-,19?,20?/m1/s1. The lowest BCUT2D eigenvalue weighted by atomic mass is 9.81. The van der Waals surface area contributed by atoms with Crippen molar-refractivity contribution in [2.45, 2.75) is 43.5 Å². The van der Waals surface area contributed by atoms with Crippen LogP contribution in [0.15, 0.2) is 71.8 Å². The molecular weight excluding hydrogens is 464 g/mol. The van der Waals surface area contributed by atoms with Crippen molar-refractivity contribution >= 4 is 38.4 Å². The van der Waals surface area contributed by atoms with E-state index in [1.807, 2.05) is 30.3 Å². The van der Waals surface area contributed by atoms with E-state index in [9.17, 15) is 18.0 Å². The van der Waals surface area contributed by atoms with Gasteiger partial charge >= 0.3 is 0 Å². The van der Waals surface area contributed by atoms with Crippen molar-refractivity contribution in [1.29, 1.82) is 0 Å². The maximum absolute atomic E-state index is 12.8. The number of hydrogen-bond donors (Lipinski definition) is 3. The fourth-order valence-electron chi connectivity index (χ4n) is 4.39. The Bertz CT molecular complexity index is 1280. The van der Waals surface area contributed by atoms with Gasteiger partial charge in [0.25, 0.3) is 0 Å². The SMILES string of the molecule is C[C@@H](NC(=O)C1CCC(CNS(=O)(=O)c2ccccc2)CC1)C(=O)Nc1cccc2ncccc12. The van der Waals surface area contributed by atoms with Crippen molar-refractivity contribution in [2.75, 3.05) is 11.9 Å². The fraction of sp³-hybridized carbons (Fsp3) is 0.346. The van der Waals surface area contributed by atoms with Crippen molar-refractivity contribution in [1.82, 2.24) is 15.0 Å². The van der Waals surface area contributed by atoms with E-state index in [0.29, 0.717) is 25.1 Å². The van der Waals surface area contributed by atoms with Gasteiger partial charge in [0.05, 0.1) is 16.1 Å². The second-order valence-electron chi connectivity index (χ2n) is 8.98. The molecule has 35 heavy (non-hydrogen) atoms. The molecule has 0 radical (unpaired) electrons. The Kier molecular flexibility index (Phi) is 7.77. The van der Waals surface area contributed by atoms with Gasteiger partial charge in [0, 0.05) is 24.0 Å². The third kappa shape index (κ3) is 6.23. The summed E-state index contributed by atoms with van der Waals surface area (Å²) in [6, 6.07) is 16.8. The third-order valence-corrected chi connectivity index (χ3v) is 7.93. The molecule has 0 bridgehead atoms. The summed E-state index contributed by atoms with van der Waals surface area (Å²) >= 11 is 0. The van der Waals surface area contributed by atoms with Crippen LogP contribution in [-0.2, 0) is 19.6 Å². The van der Waals surface area contributed by atoms with Crippen LogP contribution in [-0.4, -0.2) is 37.8 Å². The third-order valence-electron chi connectivity index (χ3n) is 6.49. The number of carbonyl (C=O) groups excluding carboxylic acids is 2. The van der Waals surface area contributed by atoms with Crippen LogP contribution in [0.5, 0.6) is 0 Å². The molecule has 0 unspecified atom stereocenters. The van der Waals surface area contributed by atoms with Gasteiger partial charge in [0.2, 0.25) is 21.8 Å². The minimum Gasteiger partial charge on any atom is -0.344 e. The Morgan fingerprint density at radius 2 is 1.71 bits per heavy atom. The summed E-state index contributed by atoms with van der Waals surface area (Å²) in [5, 5.41) is 6.55. The first-order valence-corrected chi connectivity index (χ1v) is 13.3. The predicted molar refractivity (Wildman–Crippen MR) is 135 cm³/mol. The summed E-state index contributed by atoms with van der Waals surface area (Å²) in [7, 11) is -3.53. The van der Waals surface area contributed by atoms with Crippen LogP contribution in [0.4, 0.5) is 5.69 Å². The quantitative estimate of drug-likeness (QED) is 0.443. The van der Waals surface area contributed by atoms with Crippen LogP contribution in [0.3, 0.4) is 0 Å². The molecule has 0 aliphatic heterocycles. The molecule has 4 rings (SSSR count). The van der Waals surface area contributed by atoms with Crippen LogP contribution in [0.1, 0.15) is 32.6 Å². The van der Waals surface area contributed by atoms with E-state index in [1.54, 1.807) is 43.5 Å². The average molecular weight is 495 g/mol. The largest absolute Gasteiger partial charge is 0.344 e. The monoisotopic (exact) mass is 494 g/mol. The van der Waals surface area contributed by atoms with Gasteiger partial charge < -0.3 is 10.6 Å². The van der Waals surface area contributed by atoms with E-state index >= 15 is 0 Å². The summed E-state index contributed by atoms with van der Waals surface area (Å²) in [5.41, 5.74) is 1.44. The highest BCUT2D eigenvalue weighted by molar-refractivity contribution is 7.89. The lowest BCUT2D eigenvalue weighted by molar-refractivity contribution is -0.129. The minimum atomic E-state index is -3.53. The minimum absolute atomic E-state index is 0.143. The molecule has 3 N–H and O–H groups in total. The molecule has 1 saturated carbocycles. The van der Waals surface area contributed by atoms with E-state index in [2.05, 4.69) is 20.3 Å². The normalized spacial score (nSPS) is 19.1. The van der Waals surface area contributed by atoms with Crippen molar-refractivity contribution in [2.24, 2.45) is 11.8 Å². The Hall–Kier alpha value is -3.30. The molecule has 0 saturated heterocycles. The van der Waals surface area contributed by atoms with Gasteiger partial charge in [-0.05, 0) is 74.9 Å². The zero-order valence-electron chi connectivity index (χ0n) is 19.6. The van der Waals surface area contributed by atoms with Crippen LogP contribution >= 0.6 is 0 Å². The molecular formula is C26H30N4O4S. The number of rotatable bonds is 8. The lowest BCUT2D eigenvalue weighted by Gasteiger charge is -2.28. The molecule has 1 aliphatic rings. The number of amides is 2. The number of hydrogen-bond acceptors (Lipinski definition) is 5. The van der Waals surface area contributed by atoms with Gasteiger partial charge in [-0.15, -0.1) is 0 Å². The number of carbonyl (C=O) groups is 2. The number of nitrogens with one attached hydrogen (secondary N) is 3. The molecule has 2 amide bonds. The van der Waals surface area contributed by atoms with Gasteiger partial charge in [-0.1, -0.05) is 24.3 Å². The van der Waals surface area contributed by atoms with Crippen molar-refractivity contribution in [3.8, 4) is 0 Å². The van der Waals surface area contributed by atoms with Gasteiger partial charge in [-0.3, -0.25) is 14.6 Å². The first-order chi connectivity index (χ1) is 16.8. The van der Waals surface area contributed by atoms with E-state index in [4.69, 9.17) is 0 Å². The number of anilines is 1. The molecule has 2 aromatic carbocycles. The highest BCUT2D eigenvalue weighted by Crippen LogP contribution is 2.29. The average Bonchev–Trinajstić information content (AvgIpc) is 2.88. The Morgan fingerprint density at radius 3 is 2.46 bits per heavy atom. The van der Waals surface area contributed by atoms with Gasteiger partial charge in [-0.2, -0.15) is 0 Å². The smallest absolute Gasteiger partial charge is 0.246 e. The number of nitrogens with zero attached hydrogens (tertiary/aromatic N) is 1. The number of fused-ring (bicyclic) bond motifs is 1. The number of sulfonamides is 1. The van der Waals surface area contributed by atoms with E-state index < -0.39 is 16.1 Å². The van der Waals surface area contributed by atoms with Crippen LogP contribution < -0.4 is 15.4 Å².